The van der Waals surface area contributed by atoms with Gasteiger partial charge in [0, 0.05) is 26.1 Å². The second-order valence-corrected chi connectivity index (χ2v) is 5.40. The molecule has 0 spiro atoms. The summed E-state index contributed by atoms with van der Waals surface area (Å²) >= 11 is 0. The average Bonchev–Trinajstić information content (AvgIpc) is 2.33. The summed E-state index contributed by atoms with van der Waals surface area (Å²) in [6.45, 7) is 8.96. The lowest BCUT2D eigenvalue weighted by molar-refractivity contribution is 0.158. The predicted octanol–water partition coefficient (Wildman–Crippen LogP) is 2.62. The molecule has 0 aliphatic rings. The second-order valence-electron chi connectivity index (χ2n) is 5.40. The largest absolute Gasteiger partial charge is 0.382 e. The molecule has 0 atom stereocenters. The molecule has 0 aliphatic heterocycles. The van der Waals surface area contributed by atoms with Crippen LogP contribution in [-0.2, 0) is 11.2 Å². The highest BCUT2D eigenvalue weighted by Gasteiger charge is 2.20. The molecule has 0 aliphatic carbocycles. The minimum Gasteiger partial charge on any atom is -0.382 e. The molecular formula is C14H26N4O. The van der Waals surface area contributed by atoms with Crippen LogP contribution in [0.4, 0.5) is 11.6 Å². The van der Waals surface area contributed by atoms with Crippen molar-refractivity contribution in [3.8, 4) is 0 Å². The molecule has 0 radical (unpaired) electrons. The lowest BCUT2D eigenvalue weighted by atomic mass is 10.1. The van der Waals surface area contributed by atoms with E-state index in [9.17, 15) is 0 Å². The highest BCUT2D eigenvalue weighted by atomic mass is 16.5. The quantitative estimate of drug-likeness (QED) is 0.794. The van der Waals surface area contributed by atoms with E-state index in [1.807, 2.05) is 14.0 Å². The summed E-state index contributed by atoms with van der Waals surface area (Å²) in [5.74, 6) is 2.63. The molecular weight excluding hydrogens is 240 g/mol. The summed E-state index contributed by atoms with van der Waals surface area (Å²) in [5.41, 5.74) is 0.869. The number of aromatic nitrogens is 2. The van der Waals surface area contributed by atoms with Crippen LogP contribution in [0.3, 0.4) is 0 Å². The molecule has 0 aromatic carbocycles. The average molecular weight is 266 g/mol. The standard InChI is InChI=1S/C14H26N4O/c1-7-8-11-16-12(15-5)10(2)13(17-11)18-14(3,4)9-19-6/h7-9H2,1-6H3,(H2,15,16,17,18). The zero-order chi connectivity index (χ0) is 14.5. The molecule has 0 amide bonds. The third kappa shape index (κ3) is 4.35. The van der Waals surface area contributed by atoms with Crippen molar-refractivity contribution in [3.63, 3.8) is 0 Å². The molecule has 0 unspecified atom stereocenters. The Labute approximate surface area is 116 Å². The van der Waals surface area contributed by atoms with Gasteiger partial charge in [0.1, 0.15) is 17.5 Å². The van der Waals surface area contributed by atoms with Crippen LogP contribution < -0.4 is 10.6 Å². The van der Waals surface area contributed by atoms with Crippen LogP contribution in [0, 0.1) is 6.92 Å². The first-order valence-corrected chi connectivity index (χ1v) is 6.76. The topological polar surface area (TPSA) is 59.1 Å². The van der Waals surface area contributed by atoms with E-state index in [0.717, 1.165) is 35.9 Å². The van der Waals surface area contributed by atoms with Gasteiger partial charge < -0.3 is 15.4 Å². The SMILES string of the molecule is CCCc1nc(NC)c(C)c(NC(C)(C)COC)n1. The minimum absolute atomic E-state index is 0.164. The molecule has 2 N–H and O–H groups in total. The van der Waals surface area contributed by atoms with E-state index in [0.29, 0.717) is 6.61 Å². The summed E-state index contributed by atoms with van der Waals surface area (Å²) in [4.78, 5) is 9.14. The Kier molecular flexibility index (Phi) is 5.54. The Morgan fingerprint density at radius 3 is 2.37 bits per heavy atom. The molecule has 108 valence electrons. The van der Waals surface area contributed by atoms with E-state index in [4.69, 9.17) is 4.74 Å². The lowest BCUT2D eigenvalue weighted by Crippen LogP contribution is -2.36. The first kappa shape index (κ1) is 15.7. The van der Waals surface area contributed by atoms with E-state index in [2.05, 4.69) is 41.4 Å². The number of nitrogens with one attached hydrogen (secondary N) is 2. The Hall–Kier alpha value is -1.36. The van der Waals surface area contributed by atoms with Gasteiger partial charge in [-0.15, -0.1) is 0 Å². The number of aryl methyl sites for hydroxylation is 1. The number of nitrogens with zero attached hydrogens (tertiary/aromatic N) is 2. The van der Waals surface area contributed by atoms with E-state index >= 15 is 0 Å². The van der Waals surface area contributed by atoms with Gasteiger partial charge in [-0.25, -0.2) is 9.97 Å². The lowest BCUT2D eigenvalue weighted by Gasteiger charge is -2.27. The van der Waals surface area contributed by atoms with E-state index < -0.39 is 0 Å². The monoisotopic (exact) mass is 266 g/mol. The number of methoxy groups -OCH3 is 1. The van der Waals surface area contributed by atoms with Crippen LogP contribution in [0.15, 0.2) is 0 Å². The van der Waals surface area contributed by atoms with Gasteiger partial charge in [-0.3, -0.25) is 0 Å². The summed E-state index contributed by atoms with van der Waals surface area (Å²) in [6, 6.07) is 0. The Balaban J connectivity index is 3.07. The van der Waals surface area contributed by atoms with Gasteiger partial charge in [0.05, 0.1) is 12.1 Å². The predicted molar refractivity (Wildman–Crippen MR) is 79.9 cm³/mol. The highest BCUT2D eigenvalue weighted by Crippen LogP contribution is 2.23. The molecule has 1 aromatic heterocycles. The van der Waals surface area contributed by atoms with Crippen molar-refractivity contribution >= 4 is 11.6 Å². The molecule has 1 heterocycles. The number of anilines is 2. The van der Waals surface area contributed by atoms with Gasteiger partial charge in [0.15, 0.2) is 0 Å². The van der Waals surface area contributed by atoms with Gasteiger partial charge in [-0.2, -0.15) is 0 Å². The Bertz CT molecular complexity index is 418. The smallest absolute Gasteiger partial charge is 0.135 e. The molecule has 5 nitrogen and oxygen atoms in total. The van der Waals surface area contributed by atoms with Crippen molar-refractivity contribution in [1.29, 1.82) is 0 Å². The van der Waals surface area contributed by atoms with Crippen LogP contribution in [-0.4, -0.2) is 36.3 Å². The van der Waals surface area contributed by atoms with E-state index in [1.165, 1.54) is 0 Å². The fourth-order valence-electron chi connectivity index (χ4n) is 1.98. The maximum atomic E-state index is 5.23. The van der Waals surface area contributed by atoms with Crippen LogP contribution in [0.5, 0.6) is 0 Å². The fraction of sp³-hybridized carbons (Fsp3) is 0.714. The van der Waals surface area contributed by atoms with Crippen molar-refractivity contribution < 1.29 is 4.74 Å². The summed E-state index contributed by atoms with van der Waals surface area (Å²) in [5, 5.41) is 6.57. The molecule has 0 bridgehead atoms. The van der Waals surface area contributed by atoms with Gasteiger partial charge in [-0.05, 0) is 27.2 Å². The van der Waals surface area contributed by atoms with Crippen LogP contribution >= 0.6 is 0 Å². The number of hydrogen-bond donors (Lipinski definition) is 2. The molecule has 1 rings (SSSR count). The maximum absolute atomic E-state index is 5.23. The van der Waals surface area contributed by atoms with Crippen molar-refractivity contribution in [2.75, 3.05) is 31.4 Å². The maximum Gasteiger partial charge on any atom is 0.135 e. The van der Waals surface area contributed by atoms with Crippen LogP contribution in [0.2, 0.25) is 0 Å². The minimum atomic E-state index is -0.164. The third-order valence-electron chi connectivity index (χ3n) is 2.86. The van der Waals surface area contributed by atoms with Crippen molar-refractivity contribution in [3.05, 3.63) is 11.4 Å². The molecule has 0 saturated heterocycles. The molecule has 19 heavy (non-hydrogen) atoms. The van der Waals surface area contributed by atoms with Gasteiger partial charge in [0.25, 0.3) is 0 Å². The highest BCUT2D eigenvalue weighted by molar-refractivity contribution is 5.57. The van der Waals surface area contributed by atoms with Gasteiger partial charge >= 0.3 is 0 Å². The van der Waals surface area contributed by atoms with Gasteiger partial charge in [0.2, 0.25) is 0 Å². The third-order valence-corrected chi connectivity index (χ3v) is 2.86. The van der Waals surface area contributed by atoms with Crippen LogP contribution in [0.25, 0.3) is 0 Å². The summed E-state index contributed by atoms with van der Waals surface area (Å²) in [6.07, 6.45) is 1.92. The van der Waals surface area contributed by atoms with Crippen LogP contribution in [0.1, 0.15) is 38.6 Å². The molecule has 5 heteroatoms. The summed E-state index contributed by atoms with van der Waals surface area (Å²) < 4.78 is 5.23. The summed E-state index contributed by atoms with van der Waals surface area (Å²) in [7, 11) is 3.59. The van der Waals surface area contributed by atoms with Crippen molar-refractivity contribution in [1.82, 2.24) is 9.97 Å². The molecule has 1 aromatic rings. The van der Waals surface area contributed by atoms with E-state index in [-0.39, 0.29) is 5.54 Å². The normalized spacial score (nSPS) is 11.5. The Morgan fingerprint density at radius 1 is 1.21 bits per heavy atom. The second kappa shape index (κ2) is 6.70. The number of hydrogen-bond acceptors (Lipinski definition) is 5. The first-order chi connectivity index (χ1) is 8.93. The molecule has 0 saturated carbocycles. The fourth-order valence-corrected chi connectivity index (χ4v) is 1.98. The number of ether oxygens (including phenoxy) is 1. The number of rotatable bonds is 7. The Morgan fingerprint density at radius 2 is 1.84 bits per heavy atom. The van der Waals surface area contributed by atoms with E-state index in [1.54, 1.807) is 7.11 Å². The van der Waals surface area contributed by atoms with Gasteiger partial charge in [-0.1, -0.05) is 6.92 Å². The molecule has 0 fully saturated rings. The zero-order valence-corrected chi connectivity index (χ0v) is 12.9. The first-order valence-electron chi connectivity index (χ1n) is 6.76. The zero-order valence-electron chi connectivity index (χ0n) is 12.9. The van der Waals surface area contributed by atoms with Crippen molar-refractivity contribution in [2.24, 2.45) is 0 Å². The van der Waals surface area contributed by atoms with Crippen molar-refractivity contribution in [2.45, 2.75) is 46.1 Å².